The van der Waals surface area contributed by atoms with Gasteiger partial charge in [-0.3, -0.25) is 18.2 Å². The van der Waals surface area contributed by atoms with Crippen LogP contribution in [0.5, 0.6) is 0 Å². The van der Waals surface area contributed by atoms with Gasteiger partial charge in [-0.25, -0.2) is 0 Å². The zero-order chi connectivity index (χ0) is 29.1. The van der Waals surface area contributed by atoms with Crippen LogP contribution in [0.4, 0.5) is 0 Å². The van der Waals surface area contributed by atoms with Crippen LogP contribution in [-0.4, -0.2) is 140 Å². The van der Waals surface area contributed by atoms with Gasteiger partial charge >= 0.3 is 71.9 Å². The van der Waals surface area contributed by atoms with Gasteiger partial charge in [-0.1, -0.05) is 13.8 Å². The fraction of sp³-hybridized carbons (Fsp3) is 1.00. The maximum absolute atomic E-state index is 9.75. The van der Waals surface area contributed by atoms with E-state index in [-0.39, 0.29) is 110 Å². The van der Waals surface area contributed by atoms with Crippen LogP contribution in [0.2, 0.25) is 0 Å². The second-order valence-electron chi connectivity index (χ2n) is 6.92. The van der Waals surface area contributed by atoms with Gasteiger partial charge in [0, 0.05) is 22.2 Å². The van der Waals surface area contributed by atoms with E-state index < -0.39 is 46.2 Å². The van der Waals surface area contributed by atoms with Crippen molar-refractivity contribution in [1.29, 1.82) is 0 Å². The van der Waals surface area contributed by atoms with E-state index in [4.69, 9.17) is 40.1 Å². The molecule has 16 nitrogen and oxygen atoms in total. The minimum Gasteiger partial charge on any atom is -1.00 e. The summed E-state index contributed by atoms with van der Waals surface area (Å²) >= 11 is -5.28. The van der Waals surface area contributed by atoms with Gasteiger partial charge in [0.05, 0.1) is 67.8 Å². The number of quaternary nitrogens is 2. The fourth-order valence-corrected chi connectivity index (χ4v) is 1.63. The summed E-state index contributed by atoms with van der Waals surface area (Å²) in [5, 5.41) is 50.7. The number of halogens is 2. The molecule has 0 aliphatic rings. The molecule has 6 unspecified atom stereocenters. The average molecular weight is 696 g/mol. The van der Waals surface area contributed by atoms with Crippen molar-refractivity contribution in [3.63, 3.8) is 0 Å². The van der Waals surface area contributed by atoms with E-state index in [1.54, 1.807) is 0 Å². The summed E-state index contributed by atoms with van der Waals surface area (Å²) in [5.41, 5.74) is -3.64. The smallest absolute Gasteiger partial charge is 1.00 e. The van der Waals surface area contributed by atoms with Crippen LogP contribution in [0.25, 0.3) is 0 Å². The molecule has 0 amide bonds. The van der Waals surface area contributed by atoms with E-state index in [2.05, 4.69) is 9.47 Å². The van der Waals surface area contributed by atoms with E-state index in [1.165, 1.54) is 0 Å². The molecule has 40 heavy (non-hydrogen) atoms. The van der Waals surface area contributed by atoms with Gasteiger partial charge in [0.2, 0.25) is 11.2 Å². The molecule has 0 aromatic rings. The quantitative estimate of drug-likeness (QED) is 0.0425. The van der Waals surface area contributed by atoms with Gasteiger partial charge in [0.25, 0.3) is 0 Å². The molecular formula is C18H46Cl2N2Na2O14S2. The molecule has 0 aromatic carbocycles. The summed E-state index contributed by atoms with van der Waals surface area (Å²) in [5.74, 6) is 0. The van der Waals surface area contributed by atoms with E-state index in [0.29, 0.717) is 13.2 Å². The molecule has 0 radical (unpaired) electrons. The molecule has 0 aromatic heterocycles. The van der Waals surface area contributed by atoms with E-state index >= 15 is 0 Å². The van der Waals surface area contributed by atoms with Crippen LogP contribution in [0, 0.1) is 0 Å². The van der Waals surface area contributed by atoms with Crippen molar-refractivity contribution < 1.29 is 161 Å². The van der Waals surface area contributed by atoms with Gasteiger partial charge < -0.3 is 83.5 Å². The third-order valence-corrected chi connectivity index (χ3v) is 3.91. The molecule has 0 aliphatic carbocycles. The van der Waals surface area contributed by atoms with Crippen molar-refractivity contribution in [2.75, 3.05) is 67.8 Å². The summed E-state index contributed by atoms with van der Waals surface area (Å²) in [7, 11) is 7.39. The molecule has 0 aliphatic heterocycles. The van der Waals surface area contributed by atoms with Crippen molar-refractivity contribution in [3.8, 4) is 0 Å². The van der Waals surface area contributed by atoms with Gasteiger partial charge in [0.1, 0.15) is 0 Å². The monoisotopic (exact) mass is 694 g/mol. The number of ether oxygens (including phenoxy) is 4. The molecule has 0 bridgehead atoms. The number of nitrogens with one attached hydrogen (secondary N) is 2. The number of hydrogen-bond donors (Lipinski definition) is 8. The normalized spacial score (nSPS) is 14.2. The molecule has 0 saturated carbocycles. The first-order valence-electron chi connectivity index (χ1n) is 10.9. The number of hydrogen-bond acceptors (Lipinski definition) is 14. The van der Waals surface area contributed by atoms with Crippen molar-refractivity contribution in [1.82, 2.24) is 0 Å². The van der Waals surface area contributed by atoms with Crippen LogP contribution in [0.3, 0.4) is 0 Å². The Morgan fingerprint density at radius 1 is 0.625 bits per heavy atom. The molecule has 0 spiro atoms. The number of rotatable bonds is 16. The zero-order valence-corrected chi connectivity index (χ0v) is 31.6. The van der Waals surface area contributed by atoms with E-state index in [9.17, 15) is 17.5 Å². The Bertz CT molecular complexity index is 475. The summed E-state index contributed by atoms with van der Waals surface area (Å²) in [6, 6.07) is 0. The Kier molecular flexibility index (Phi) is 70.2. The van der Waals surface area contributed by atoms with Crippen molar-refractivity contribution in [3.05, 3.63) is 0 Å². The van der Waals surface area contributed by atoms with E-state index in [1.807, 2.05) is 42.0 Å². The summed E-state index contributed by atoms with van der Waals surface area (Å²) in [6.45, 7) is 4.29. The number of aliphatic hydroxyl groups excluding tert-OH is 6. The van der Waals surface area contributed by atoms with Crippen LogP contribution < -0.4 is 93.7 Å². The SMILES string of the molecule is CCCOC(O)[NH+](C)C.CCCOC(O)[NH+](C)C.O=S([O-])C(O)OCCO.O=S([O-])C(O)OCCO.[Cl-].[Cl-].[Na+].[Na+]. The summed E-state index contributed by atoms with van der Waals surface area (Å²) in [6.07, 6.45) is 0.573. The Labute approximate surface area is 299 Å². The summed E-state index contributed by atoms with van der Waals surface area (Å²) < 4.78 is 57.2. The van der Waals surface area contributed by atoms with Crippen molar-refractivity contribution in [2.45, 2.75) is 50.8 Å². The first kappa shape index (κ1) is 61.3. The molecule has 240 valence electrons. The van der Waals surface area contributed by atoms with Crippen molar-refractivity contribution in [2.24, 2.45) is 0 Å². The van der Waals surface area contributed by atoms with Crippen LogP contribution in [0.15, 0.2) is 0 Å². The van der Waals surface area contributed by atoms with Crippen LogP contribution in [-0.2, 0) is 41.1 Å². The molecule has 22 heteroatoms. The largest absolute Gasteiger partial charge is 1.00 e. The summed E-state index contributed by atoms with van der Waals surface area (Å²) in [4.78, 5) is 1.81. The third kappa shape index (κ3) is 52.9. The Morgan fingerprint density at radius 3 is 1.02 bits per heavy atom. The van der Waals surface area contributed by atoms with Gasteiger partial charge in [-0.15, -0.1) is 0 Å². The average Bonchev–Trinajstić information content (AvgIpc) is 2.83. The molecule has 0 rings (SSSR count). The third-order valence-electron chi connectivity index (χ3n) is 2.98. The van der Waals surface area contributed by atoms with Gasteiger partial charge in [-0.2, -0.15) is 0 Å². The standard InChI is InChI=1S/2C6H15NO2.2C3H8O5S.2ClH.2Na/c2*1-4-5-9-6(8)7(2)3;2*4-1-2-8-3(5)9(6)7;;;;/h2*6,8H,4-5H2,1-3H3;2*3-5H,1-2H2,(H,6,7);2*1H;;/q;;;;;;2*+1/p-2. The predicted molar refractivity (Wildman–Crippen MR) is 126 cm³/mol. The fourth-order valence-electron chi connectivity index (χ4n) is 1.21. The molecular weight excluding hydrogens is 649 g/mol. The number of aliphatic hydroxyl groups is 6. The molecule has 0 fully saturated rings. The Balaban J connectivity index is -0.0000000551. The van der Waals surface area contributed by atoms with E-state index in [0.717, 1.165) is 22.6 Å². The van der Waals surface area contributed by atoms with Crippen LogP contribution >= 0.6 is 0 Å². The molecule has 6 atom stereocenters. The second-order valence-corrected chi connectivity index (χ2v) is 8.77. The second kappa shape index (κ2) is 45.7. The van der Waals surface area contributed by atoms with Gasteiger partial charge in [-0.05, 0) is 12.8 Å². The topological polar surface area (TPSA) is 247 Å². The minimum atomic E-state index is -2.64. The predicted octanol–water partition coefficient (Wildman–Crippen LogP) is -18.0. The molecule has 8 N–H and O–H groups in total. The first-order chi connectivity index (χ1) is 16.7. The van der Waals surface area contributed by atoms with Gasteiger partial charge in [0.15, 0.2) is 0 Å². The molecule has 0 heterocycles. The minimum absolute atomic E-state index is 0. The Hall–Kier alpha value is 2.32. The first-order valence-corrected chi connectivity index (χ1v) is 13.2. The molecule has 0 saturated heterocycles. The van der Waals surface area contributed by atoms with Crippen molar-refractivity contribution >= 4 is 22.2 Å². The Morgan fingerprint density at radius 2 is 0.875 bits per heavy atom. The maximum Gasteiger partial charge on any atom is 1.00 e. The maximum atomic E-state index is 9.75. The zero-order valence-electron chi connectivity index (χ0n) is 24.5. The van der Waals surface area contributed by atoms with Crippen LogP contribution in [0.1, 0.15) is 26.7 Å².